The second-order valence-electron chi connectivity index (χ2n) is 16.0. The molecule has 1 unspecified atom stereocenters. The number of amides is 2. The Morgan fingerprint density at radius 1 is 0.883 bits per heavy atom. The van der Waals surface area contributed by atoms with Crippen LogP contribution >= 0.6 is 23.2 Å². The van der Waals surface area contributed by atoms with Crippen molar-refractivity contribution in [3.8, 4) is 34.4 Å². The van der Waals surface area contributed by atoms with Crippen molar-refractivity contribution >= 4 is 41.2 Å². The first-order chi connectivity index (χ1) is 28.7. The lowest BCUT2D eigenvalue weighted by atomic mass is 9.92. The highest BCUT2D eigenvalue weighted by Crippen LogP contribution is 2.41. The fraction of sp³-hybridized carbons (Fsp3) is 0.277. The Morgan fingerprint density at radius 3 is 2.20 bits per heavy atom. The minimum absolute atomic E-state index is 0.0147. The summed E-state index contributed by atoms with van der Waals surface area (Å²) < 4.78 is 24.3. The number of halogens is 2. The van der Waals surface area contributed by atoms with Gasteiger partial charge in [0.1, 0.15) is 31.0 Å². The number of hydrogen-bond donors (Lipinski definition) is 2. The summed E-state index contributed by atoms with van der Waals surface area (Å²) >= 11 is 12.2. The average Bonchev–Trinajstić information content (AvgIpc) is 3.24. The molecule has 0 spiro atoms. The Balaban J connectivity index is 1.05. The van der Waals surface area contributed by atoms with Crippen molar-refractivity contribution in [1.82, 2.24) is 10.2 Å². The number of nitriles is 1. The third-order valence-corrected chi connectivity index (χ3v) is 11.0. The summed E-state index contributed by atoms with van der Waals surface area (Å²) in [5.41, 5.74) is 6.00. The molecule has 308 valence electrons. The number of hydrogen-bond acceptors (Lipinski definition) is 8. The quantitative estimate of drug-likeness (QED) is 0.133. The molecule has 0 saturated carbocycles. The lowest BCUT2D eigenvalue weighted by Gasteiger charge is -2.37. The number of carbonyl (C=O) groups is 3. The van der Waals surface area contributed by atoms with Gasteiger partial charge in [-0.15, -0.1) is 0 Å². The fourth-order valence-electron chi connectivity index (χ4n) is 6.95. The molecule has 13 heteroatoms. The summed E-state index contributed by atoms with van der Waals surface area (Å²) in [5.74, 6) is -0.168. The van der Waals surface area contributed by atoms with E-state index in [4.69, 9.17) is 47.4 Å². The summed E-state index contributed by atoms with van der Waals surface area (Å²) in [7, 11) is 0. The maximum atomic E-state index is 14.1. The van der Waals surface area contributed by atoms with Gasteiger partial charge >= 0.3 is 12.1 Å². The second kappa shape index (κ2) is 18.0. The van der Waals surface area contributed by atoms with Gasteiger partial charge < -0.3 is 29.4 Å². The van der Waals surface area contributed by atoms with Crippen molar-refractivity contribution in [2.24, 2.45) is 5.41 Å². The molecule has 2 amide bonds. The van der Waals surface area contributed by atoms with E-state index in [1.165, 1.54) is 4.90 Å². The van der Waals surface area contributed by atoms with E-state index in [-0.39, 0.29) is 38.0 Å². The molecule has 5 aromatic carbocycles. The zero-order valence-electron chi connectivity index (χ0n) is 33.2. The number of carbonyl (C=O) groups excluding carboxylic acids is 2. The van der Waals surface area contributed by atoms with E-state index in [0.29, 0.717) is 45.0 Å². The van der Waals surface area contributed by atoms with Crippen LogP contribution in [0.2, 0.25) is 10.0 Å². The molecule has 11 nitrogen and oxygen atoms in total. The van der Waals surface area contributed by atoms with E-state index in [9.17, 15) is 19.5 Å². The Bertz CT molecular complexity index is 2430. The zero-order chi connectivity index (χ0) is 42.6. The average molecular weight is 849 g/mol. The molecule has 0 fully saturated rings. The van der Waals surface area contributed by atoms with Gasteiger partial charge in [0, 0.05) is 12.8 Å². The Labute approximate surface area is 358 Å². The largest absolute Gasteiger partial charge is 0.489 e. The smallest absolute Gasteiger partial charge is 0.410 e. The van der Waals surface area contributed by atoms with Crippen LogP contribution in [-0.4, -0.2) is 53.3 Å². The van der Waals surface area contributed by atoms with Crippen LogP contribution < -0.4 is 19.5 Å². The lowest BCUT2D eigenvalue weighted by molar-refractivity contribution is -0.142. The number of ether oxygens (including phenoxy) is 4. The van der Waals surface area contributed by atoms with Crippen LogP contribution in [0.15, 0.2) is 103 Å². The first-order valence-electron chi connectivity index (χ1n) is 19.4. The number of benzene rings is 5. The molecule has 0 bridgehead atoms. The third kappa shape index (κ3) is 10.1. The van der Waals surface area contributed by atoms with Crippen LogP contribution in [0.25, 0.3) is 11.1 Å². The fourth-order valence-corrected chi connectivity index (χ4v) is 7.27. The number of nitrogens with zero attached hydrogens (tertiary/aromatic N) is 2. The van der Waals surface area contributed by atoms with Crippen LogP contribution in [0, 0.1) is 16.7 Å². The highest BCUT2D eigenvalue weighted by molar-refractivity contribution is 6.42. The van der Waals surface area contributed by atoms with Crippen LogP contribution in [0.1, 0.15) is 60.3 Å². The first-order valence-corrected chi connectivity index (χ1v) is 20.2. The van der Waals surface area contributed by atoms with Crippen LogP contribution in [0.3, 0.4) is 0 Å². The van der Waals surface area contributed by atoms with E-state index in [1.807, 2.05) is 99.6 Å². The number of rotatable bonds is 11. The maximum Gasteiger partial charge on any atom is 0.410 e. The zero-order valence-corrected chi connectivity index (χ0v) is 34.8. The van der Waals surface area contributed by atoms with Crippen molar-refractivity contribution in [3.63, 3.8) is 0 Å². The van der Waals surface area contributed by atoms with Crippen molar-refractivity contribution in [2.45, 2.75) is 65.0 Å². The molecule has 0 radical (unpaired) electrons. The monoisotopic (exact) mass is 847 g/mol. The Hall–Kier alpha value is -6.22. The molecule has 5 aromatic rings. The maximum absolute atomic E-state index is 14.1. The molecule has 2 heterocycles. The minimum Gasteiger partial charge on any atom is -0.489 e. The Kier molecular flexibility index (Phi) is 12.5. The predicted octanol–water partition coefficient (Wildman–Crippen LogP) is 9.35. The van der Waals surface area contributed by atoms with Gasteiger partial charge in [0.15, 0.2) is 17.6 Å². The third-order valence-electron chi connectivity index (χ3n) is 10.2. The molecule has 0 saturated heterocycles. The van der Waals surface area contributed by atoms with E-state index >= 15 is 0 Å². The summed E-state index contributed by atoms with van der Waals surface area (Å²) in [6, 6.07) is 30.8. The van der Waals surface area contributed by atoms with Crippen molar-refractivity contribution in [2.75, 3.05) is 13.2 Å². The highest BCUT2D eigenvalue weighted by atomic mass is 35.5. The van der Waals surface area contributed by atoms with Crippen molar-refractivity contribution in [1.29, 1.82) is 5.26 Å². The van der Waals surface area contributed by atoms with Crippen LogP contribution in [0.5, 0.6) is 17.2 Å². The summed E-state index contributed by atoms with van der Waals surface area (Å²) in [5, 5.41) is 23.0. The molecule has 0 aromatic heterocycles. The number of aliphatic carboxylic acids is 1. The number of carboxylic acid groups (broad SMARTS) is 1. The summed E-state index contributed by atoms with van der Waals surface area (Å²) in [6.45, 7) is 6.49. The van der Waals surface area contributed by atoms with Crippen molar-refractivity contribution < 1.29 is 38.4 Å². The van der Waals surface area contributed by atoms with E-state index < -0.39 is 36.2 Å². The normalized spacial score (nSPS) is 16.2. The molecular formula is C47H43Cl2N3O8. The molecule has 2 N–H and O–H groups in total. The van der Waals surface area contributed by atoms with Gasteiger partial charge in [0.05, 0.1) is 34.8 Å². The van der Waals surface area contributed by atoms with E-state index in [2.05, 4.69) is 11.4 Å². The minimum atomic E-state index is -1.27. The first kappa shape index (κ1) is 41.9. The molecular weight excluding hydrogens is 805 g/mol. The van der Waals surface area contributed by atoms with E-state index in [0.717, 1.165) is 33.4 Å². The predicted molar refractivity (Wildman–Crippen MR) is 226 cm³/mol. The van der Waals surface area contributed by atoms with Gasteiger partial charge in [-0.05, 0) is 92.9 Å². The number of carboxylic acids is 1. The molecule has 0 aliphatic carbocycles. The second-order valence-corrected chi connectivity index (χ2v) is 16.9. The van der Waals surface area contributed by atoms with Gasteiger partial charge in [0.2, 0.25) is 5.91 Å². The van der Waals surface area contributed by atoms with E-state index in [1.54, 1.807) is 24.3 Å². The highest BCUT2D eigenvalue weighted by Gasteiger charge is 2.39. The van der Waals surface area contributed by atoms with Crippen molar-refractivity contribution in [3.05, 3.63) is 147 Å². The van der Waals surface area contributed by atoms with Crippen LogP contribution in [-0.2, 0) is 40.3 Å². The molecule has 3 atom stereocenters. The SMILES string of the molecule is CC(C)(C)COC(=O)N1Cc2cc3c(cc2CC1C(=O)N[C@@H](Cc1ccc(-c2ccc(C#N)cc2)cc1)C(=O)O)OC[C@H](c1ccc(OCc2ccc(Cl)c(Cl)c2)cc1)O3. The summed E-state index contributed by atoms with van der Waals surface area (Å²) in [6.07, 6.45) is -0.993. The molecule has 7 rings (SSSR count). The lowest BCUT2D eigenvalue weighted by Crippen LogP contribution is -2.56. The summed E-state index contributed by atoms with van der Waals surface area (Å²) in [4.78, 5) is 41.6. The van der Waals surface area contributed by atoms with Gasteiger partial charge in [-0.2, -0.15) is 5.26 Å². The van der Waals surface area contributed by atoms with Gasteiger partial charge in [-0.3, -0.25) is 9.69 Å². The van der Waals surface area contributed by atoms with Crippen LogP contribution in [0.4, 0.5) is 4.79 Å². The van der Waals surface area contributed by atoms with Gasteiger partial charge in [-0.25, -0.2) is 9.59 Å². The standard InChI is InChI=1S/C47H43Cl2N3O8/c1-47(2,3)27-59-46(56)52-24-35-22-42-41(58-26-43(60-42)33-13-15-36(16-14-33)57-25-30-8-17-37(48)38(49)18-30)21-34(35)20-40(52)44(53)51-39(45(54)55)19-28-4-9-31(10-5-28)32-11-6-29(23-50)7-12-32/h4-18,21-22,39-40,43H,19-20,24-27H2,1-3H3,(H,51,53)(H,54,55)/t39-,40?,43+/m0/s1. The molecule has 60 heavy (non-hydrogen) atoms. The topological polar surface area (TPSA) is 147 Å². The molecule has 2 aliphatic rings. The van der Waals surface area contributed by atoms with Gasteiger partial charge in [-0.1, -0.05) is 98.6 Å². The number of fused-ring (bicyclic) bond motifs is 2. The molecule has 2 aliphatic heterocycles. The number of nitrogens with one attached hydrogen (secondary N) is 1. The van der Waals surface area contributed by atoms with Gasteiger partial charge in [0.25, 0.3) is 0 Å². The Morgan fingerprint density at radius 2 is 1.55 bits per heavy atom.